The van der Waals surface area contributed by atoms with Crippen LogP contribution in [0.25, 0.3) is 0 Å². The summed E-state index contributed by atoms with van der Waals surface area (Å²) in [6.45, 7) is 8.61. The third-order valence-corrected chi connectivity index (χ3v) is 3.44. The molecule has 6 heteroatoms. The Morgan fingerprint density at radius 2 is 1.65 bits per heavy atom. The largest absolute Gasteiger partial charge is 0.353 e. The maximum Gasteiger partial charge on any atom is 0.239 e. The number of hydrogen-bond donors (Lipinski definition) is 3. The van der Waals surface area contributed by atoms with Crippen molar-refractivity contribution < 1.29 is 9.59 Å². The summed E-state index contributed by atoms with van der Waals surface area (Å²) >= 11 is 0. The van der Waals surface area contributed by atoms with E-state index in [1.54, 1.807) is 0 Å². The fraction of sp³-hybridized carbons (Fsp3) is 0.857. The van der Waals surface area contributed by atoms with Crippen LogP contribution in [0.5, 0.6) is 0 Å². The summed E-state index contributed by atoms with van der Waals surface area (Å²) < 4.78 is 0. The van der Waals surface area contributed by atoms with Crippen LogP contribution < -0.4 is 16.4 Å². The van der Waals surface area contributed by atoms with Gasteiger partial charge in [-0.2, -0.15) is 0 Å². The Morgan fingerprint density at radius 1 is 1.10 bits per heavy atom. The van der Waals surface area contributed by atoms with Crippen LogP contribution in [0.4, 0.5) is 0 Å². The summed E-state index contributed by atoms with van der Waals surface area (Å²) in [5.74, 6) is 0.231. The molecule has 0 spiro atoms. The van der Waals surface area contributed by atoms with Crippen molar-refractivity contribution in [1.29, 1.82) is 0 Å². The fourth-order valence-electron chi connectivity index (χ4n) is 1.52. The van der Waals surface area contributed by atoms with Crippen molar-refractivity contribution in [2.75, 3.05) is 13.1 Å². The standard InChI is InChI=1S/C14H29N3O2.ClH/c1-5-14(15,6-2)10-17-13(19)9-16-12(18)8-7-11(3)4;/h11H,5-10,15H2,1-4H3,(H,16,18)(H,17,19);1H. The molecular formula is C14H30ClN3O2. The van der Waals surface area contributed by atoms with Crippen molar-refractivity contribution in [2.45, 2.75) is 58.9 Å². The lowest BCUT2D eigenvalue weighted by molar-refractivity contribution is -0.126. The molecular weight excluding hydrogens is 278 g/mol. The van der Waals surface area contributed by atoms with Crippen LogP contribution in [0.3, 0.4) is 0 Å². The first kappa shape index (κ1) is 21.5. The van der Waals surface area contributed by atoms with E-state index in [9.17, 15) is 9.59 Å². The van der Waals surface area contributed by atoms with Gasteiger partial charge in [-0.05, 0) is 25.2 Å². The summed E-state index contributed by atoms with van der Waals surface area (Å²) in [6, 6.07) is 0. The van der Waals surface area contributed by atoms with Crippen molar-refractivity contribution in [3.8, 4) is 0 Å². The molecule has 0 heterocycles. The first-order valence-corrected chi connectivity index (χ1v) is 7.15. The molecule has 0 aromatic carbocycles. The molecule has 0 unspecified atom stereocenters. The summed E-state index contributed by atoms with van der Waals surface area (Å²) in [7, 11) is 0. The van der Waals surface area contributed by atoms with Gasteiger partial charge in [-0.1, -0.05) is 27.7 Å². The van der Waals surface area contributed by atoms with Crippen LogP contribution in [-0.2, 0) is 9.59 Å². The van der Waals surface area contributed by atoms with E-state index in [2.05, 4.69) is 24.5 Å². The first-order chi connectivity index (χ1) is 8.83. The van der Waals surface area contributed by atoms with Crippen molar-refractivity contribution >= 4 is 24.2 Å². The molecule has 5 nitrogen and oxygen atoms in total. The maximum atomic E-state index is 11.6. The topological polar surface area (TPSA) is 84.2 Å². The quantitative estimate of drug-likeness (QED) is 0.605. The molecule has 20 heavy (non-hydrogen) atoms. The van der Waals surface area contributed by atoms with E-state index < -0.39 is 0 Å². The zero-order valence-electron chi connectivity index (χ0n) is 13.1. The molecule has 0 aliphatic carbocycles. The first-order valence-electron chi connectivity index (χ1n) is 7.15. The molecule has 0 aliphatic rings. The van der Waals surface area contributed by atoms with Gasteiger partial charge in [0.15, 0.2) is 0 Å². The van der Waals surface area contributed by atoms with Gasteiger partial charge < -0.3 is 16.4 Å². The highest BCUT2D eigenvalue weighted by atomic mass is 35.5. The summed E-state index contributed by atoms with van der Waals surface area (Å²) in [4.78, 5) is 23.0. The molecule has 0 saturated heterocycles. The maximum absolute atomic E-state index is 11.6. The summed E-state index contributed by atoms with van der Waals surface area (Å²) in [5, 5.41) is 5.38. The highest BCUT2D eigenvalue weighted by molar-refractivity contribution is 5.85. The lowest BCUT2D eigenvalue weighted by Gasteiger charge is -2.26. The number of carbonyl (C=O) groups excluding carboxylic acids is 2. The van der Waals surface area contributed by atoms with Gasteiger partial charge in [0.2, 0.25) is 11.8 Å². The van der Waals surface area contributed by atoms with Crippen molar-refractivity contribution in [3.05, 3.63) is 0 Å². The number of halogens is 1. The molecule has 0 saturated carbocycles. The van der Waals surface area contributed by atoms with Gasteiger partial charge in [0.1, 0.15) is 0 Å². The average Bonchev–Trinajstić information content (AvgIpc) is 2.40. The molecule has 0 radical (unpaired) electrons. The second kappa shape index (κ2) is 10.9. The Balaban J connectivity index is 0. The van der Waals surface area contributed by atoms with Crippen molar-refractivity contribution in [2.24, 2.45) is 11.7 Å². The highest BCUT2D eigenvalue weighted by Crippen LogP contribution is 2.09. The lowest BCUT2D eigenvalue weighted by atomic mass is 9.94. The molecule has 0 aliphatic heterocycles. The molecule has 2 amide bonds. The predicted molar refractivity (Wildman–Crippen MR) is 84.8 cm³/mol. The van der Waals surface area contributed by atoms with E-state index in [0.717, 1.165) is 19.3 Å². The molecule has 0 aromatic heterocycles. The fourth-order valence-corrected chi connectivity index (χ4v) is 1.52. The van der Waals surface area contributed by atoms with Gasteiger partial charge in [-0.25, -0.2) is 0 Å². The van der Waals surface area contributed by atoms with Gasteiger partial charge in [0, 0.05) is 18.5 Å². The molecule has 4 N–H and O–H groups in total. The van der Waals surface area contributed by atoms with Gasteiger partial charge in [-0.3, -0.25) is 9.59 Å². The number of hydrogen-bond acceptors (Lipinski definition) is 3. The Hall–Kier alpha value is -0.810. The van der Waals surface area contributed by atoms with Gasteiger partial charge >= 0.3 is 0 Å². The van der Waals surface area contributed by atoms with Crippen molar-refractivity contribution in [3.63, 3.8) is 0 Å². The SMILES string of the molecule is CCC(N)(CC)CNC(=O)CNC(=O)CCC(C)C.Cl. The minimum Gasteiger partial charge on any atom is -0.353 e. The third kappa shape index (κ3) is 10.0. The molecule has 0 bridgehead atoms. The summed E-state index contributed by atoms with van der Waals surface area (Å²) in [5.41, 5.74) is 5.73. The monoisotopic (exact) mass is 307 g/mol. The zero-order chi connectivity index (χ0) is 14.9. The number of nitrogens with two attached hydrogens (primary N) is 1. The zero-order valence-corrected chi connectivity index (χ0v) is 13.9. The molecule has 0 aromatic rings. The van der Waals surface area contributed by atoms with Gasteiger partial charge in [0.25, 0.3) is 0 Å². The van der Waals surface area contributed by atoms with Crippen LogP contribution in [0, 0.1) is 5.92 Å². The minimum atomic E-state index is -0.350. The smallest absolute Gasteiger partial charge is 0.239 e. The van der Waals surface area contributed by atoms with E-state index in [0.29, 0.717) is 18.9 Å². The second-order valence-corrected chi connectivity index (χ2v) is 5.56. The molecule has 0 atom stereocenters. The average molecular weight is 308 g/mol. The summed E-state index contributed by atoms with van der Waals surface area (Å²) in [6.07, 6.45) is 2.93. The molecule has 120 valence electrons. The Morgan fingerprint density at radius 3 is 2.10 bits per heavy atom. The third-order valence-electron chi connectivity index (χ3n) is 3.44. The van der Waals surface area contributed by atoms with Crippen LogP contribution in [0.2, 0.25) is 0 Å². The van der Waals surface area contributed by atoms with Crippen LogP contribution in [0.15, 0.2) is 0 Å². The number of nitrogens with one attached hydrogen (secondary N) is 2. The van der Waals surface area contributed by atoms with Gasteiger partial charge in [0.05, 0.1) is 6.54 Å². The van der Waals surface area contributed by atoms with Crippen LogP contribution >= 0.6 is 12.4 Å². The van der Waals surface area contributed by atoms with Crippen molar-refractivity contribution in [1.82, 2.24) is 10.6 Å². The predicted octanol–water partition coefficient (Wildman–Crippen LogP) is 1.59. The number of carbonyl (C=O) groups is 2. The lowest BCUT2D eigenvalue weighted by Crippen LogP contribution is -2.50. The van der Waals surface area contributed by atoms with Crippen LogP contribution in [0.1, 0.15) is 53.4 Å². The molecule has 0 rings (SSSR count). The van der Waals surface area contributed by atoms with E-state index in [1.165, 1.54) is 0 Å². The number of rotatable bonds is 9. The van der Waals surface area contributed by atoms with Gasteiger partial charge in [-0.15, -0.1) is 12.4 Å². The Bertz CT molecular complexity index is 292. The normalized spacial score (nSPS) is 10.9. The molecule has 0 fully saturated rings. The van der Waals surface area contributed by atoms with E-state index in [-0.39, 0.29) is 36.3 Å². The highest BCUT2D eigenvalue weighted by Gasteiger charge is 2.20. The Labute approximate surface area is 128 Å². The van der Waals surface area contributed by atoms with Crippen LogP contribution in [-0.4, -0.2) is 30.4 Å². The Kier molecular flexibility index (Phi) is 11.7. The van der Waals surface area contributed by atoms with E-state index in [1.807, 2.05) is 13.8 Å². The van der Waals surface area contributed by atoms with E-state index >= 15 is 0 Å². The second-order valence-electron chi connectivity index (χ2n) is 5.56. The number of amides is 2. The minimum absolute atomic E-state index is 0. The van der Waals surface area contributed by atoms with E-state index in [4.69, 9.17) is 5.73 Å².